The molecule has 1 aromatic carbocycles. The van der Waals surface area contributed by atoms with Crippen molar-refractivity contribution in [2.24, 2.45) is 0 Å². The Morgan fingerprint density at radius 1 is 1.35 bits per heavy atom. The van der Waals surface area contributed by atoms with Gasteiger partial charge in [-0.3, -0.25) is 4.79 Å². The molecule has 4 nitrogen and oxygen atoms in total. The number of carbonyl (C=O) groups is 1. The predicted molar refractivity (Wildman–Crippen MR) is 78.1 cm³/mol. The van der Waals surface area contributed by atoms with Crippen LogP contribution in [0.5, 0.6) is 0 Å². The fourth-order valence-electron chi connectivity index (χ4n) is 2.80. The molecule has 1 saturated heterocycles. The van der Waals surface area contributed by atoms with Crippen molar-refractivity contribution >= 4 is 5.91 Å². The highest BCUT2D eigenvalue weighted by Crippen LogP contribution is 2.38. The zero-order chi connectivity index (χ0) is 16.9. The molecule has 0 unspecified atom stereocenters. The maximum absolute atomic E-state index is 13.0. The van der Waals surface area contributed by atoms with E-state index in [9.17, 15) is 18.0 Å². The van der Waals surface area contributed by atoms with Gasteiger partial charge in [0.05, 0.1) is 17.6 Å². The average Bonchev–Trinajstić information content (AvgIpc) is 2.55. The lowest BCUT2D eigenvalue weighted by Crippen LogP contribution is -2.48. The molecule has 1 heterocycles. The van der Waals surface area contributed by atoms with Gasteiger partial charge >= 0.3 is 6.18 Å². The molecular weight excluding hydrogens is 311 g/mol. The van der Waals surface area contributed by atoms with E-state index in [2.05, 4.69) is 5.32 Å². The van der Waals surface area contributed by atoms with E-state index in [1.165, 1.54) is 13.2 Å². The maximum Gasteiger partial charge on any atom is 0.416 e. The van der Waals surface area contributed by atoms with Gasteiger partial charge in [0, 0.05) is 26.9 Å². The lowest BCUT2D eigenvalue weighted by molar-refractivity contribution is -0.138. The van der Waals surface area contributed by atoms with Crippen LogP contribution < -0.4 is 5.32 Å². The summed E-state index contributed by atoms with van der Waals surface area (Å²) in [6.45, 7) is 1.35. The first kappa shape index (κ1) is 17.7. The summed E-state index contributed by atoms with van der Waals surface area (Å²) in [4.78, 5) is 12.7. The average molecular weight is 331 g/mol. The molecular formula is C16H20F3NO3. The van der Waals surface area contributed by atoms with E-state index in [1.807, 2.05) is 0 Å². The number of ether oxygens (including phenoxy) is 2. The minimum atomic E-state index is -4.44. The first-order valence-electron chi connectivity index (χ1n) is 7.43. The third kappa shape index (κ3) is 4.03. The van der Waals surface area contributed by atoms with Crippen molar-refractivity contribution in [1.29, 1.82) is 0 Å². The molecule has 1 aliphatic rings. The molecule has 7 heteroatoms. The van der Waals surface area contributed by atoms with Crippen molar-refractivity contribution in [2.45, 2.75) is 24.4 Å². The zero-order valence-corrected chi connectivity index (χ0v) is 12.9. The van der Waals surface area contributed by atoms with Crippen LogP contribution in [0.25, 0.3) is 0 Å². The van der Waals surface area contributed by atoms with Crippen LogP contribution in [0.1, 0.15) is 24.0 Å². The highest BCUT2D eigenvalue weighted by molar-refractivity contribution is 5.88. The number of halogens is 3. The molecule has 0 saturated carbocycles. The number of nitrogens with one attached hydrogen (secondary N) is 1. The summed E-state index contributed by atoms with van der Waals surface area (Å²) in [7, 11) is 1.52. The number of alkyl halides is 3. The molecule has 0 aliphatic carbocycles. The molecule has 1 aliphatic heterocycles. The zero-order valence-electron chi connectivity index (χ0n) is 12.9. The standard InChI is InChI=1S/C16H20F3NO3/c1-22-10-7-20-14(21)15(5-8-23-9-6-15)12-3-2-4-13(11-12)16(17,18)19/h2-4,11H,5-10H2,1H3,(H,20,21). The van der Waals surface area contributed by atoms with E-state index >= 15 is 0 Å². The van der Waals surface area contributed by atoms with E-state index in [-0.39, 0.29) is 5.91 Å². The predicted octanol–water partition coefficient (Wildman–Crippen LogP) is 2.52. The van der Waals surface area contributed by atoms with Gasteiger partial charge in [0.15, 0.2) is 0 Å². The topological polar surface area (TPSA) is 47.6 Å². The van der Waals surface area contributed by atoms with Crippen molar-refractivity contribution < 1.29 is 27.4 Å². The van der Waals surface area contributed by atoms with Crippen molar-refractivity contribution in [3.8, 4) is 0 Å². The molecule has 1 aromatic rings. The number of carbonyl (C=O) groups excluding carboxylic acids is 1. The molecule has 1 amide bonds. The summed E-state index contributed by atoms with van der Waals surface area (Å²) in [6, 6.07) is 5.01. The molecule has 2 rings (SSSR count). The summed E-state index contributed by atoms with van der Waals surface area (Å²) in [5.41, 5.74) is -1.36. The van der Waals surface area contributed by atoms with Gasteiger partial charge in [-0.25, -0.2) is 0 Å². The fraction of sp³-hybridized carbons (Fsp3) is 0.562. The summed E-state index contributed by atoms with van der Waals surface area (Å²) in [5.74, 6) is -0.280. The molecule has 0 radical (unpaired) electrons. The first-order chi connectivity index (χ1) is 10.9. The van der Waals surface area contributed by atoms with Crippen molar-refractivity contribution in [3.63, 3.8) is 0 Å². The van der Waals surface area contributed by atoms with E-state index in [4.69, 9.17) is 9.47 Å². The second kappa shape index (κ2) is 7.31. The van der Waals surface area contributed by atoms with Gasteiger partial charge in [-0.05, 0) is 24.5 Å². The Bertz CT molecular complexity index is 540. The maximum atomic E-state index is 13.0. The molecule has 1 N–H and O–H groups in total. The van der Waals surface area contributed by atoms with Gasteiger partial charge in [0.2, 0.25) is 5.91 Å². The van der Waals surface area contributed by atoms with Gasteiger partial charge in [-0.1, -0.05) is 18.2 Å². The van der Waals surface area contributed by atoms with Crippen LogP contribution in [0.3, 0.4) is 0 Å². The minimum absolute atomic E-state index is 0.280. The number of amides is 1. The molecule has 0 bridgehead atoms. The minimum Gasteiger partial charge on any atom is -0.383 e. The molecule has 0 atom stereocenters. The Morgan fingerprint density at radius 2 is 2.04 bits per heavy atom. The molecule has 0 aromatic heterocycles. The second-order valence-electron chi connectivity index (χ2n) is 5.52. The Morgan fingerprint density at radius 3 is 2.65 bits per heavy atom. The van der Waals surface area contributed by atoms with E-state index < -0.39 is 17.2 Å². The van der Waals surface area contributed by atoms with Crippen LogP contribution >= 0.6 is 0 Å². The lowest BCUT2D eigenvalue weighted by Gasteiger charge is -2.36. The quantitative estimate of drug-likeness (QED) is 0.844. The Labute approximate surface area is 133 Å². The monoisotopic (exact) mass is 331 g/mol. The highest BCUT2D eigenvalue weighted by Gasteiger charge is 2.42. The molecule has 128 valence electrons. The number of methoxy groups -OCH3 is 1. The smallest absolute Gasteiger partial charge is 0.383 e. The van der Waals surface area contributed by atoms with Crippen LogP contribution in [-0.4, -0.2) is 39.4 Å². The van der Waals surface area contributed by atoms with Crippen molar-refractivity contribution in [3.05, 3.63) is 35.4 Å². The van der Waals surface area contributed by atoms with Gasteiger partial charge in [0.1, 0.15) is 0 Å². The summed E-state index contributed by atoms with van der Waals surface area (Å²) in [6.07, 6.45) is -3.73. The van der Waals surface area contributed by atoms with E-state index in [1.54, 1.807) is 6.07 Å². The van der Waals surface area contributed by atoms with Crippen LogP contribution in [0.4, 0.5) is 13.2 Å². The molecule has 1 fully saturated rings. The first-order valence-corrected chi connectivity index (χ1v) is 7.43. The number of benzene rings is 1. The van der Waals surface area contributed by atoms with Crippen LogP contribution in [0.15, 0.2) is 24.3 Å². The number of hydrogen-bond donors (Lipinski definition) is 1. The van der Waals surface area contributed by atoms with Gasteiger partial charge in [-0.15, -0.1) is 0 Å². The SMILES string of the molecule is COCCNC(=O)C1(c2cccc(C(F)(F)F)c2)CCOCC1. The van der Waals surface area contributed by atoms with Gasteiger partial charge in [-0.2, -0.15) is 13.2 Å². The van der Waals surface area contributed by atoms with Gasteiger partial charge < -0.3 is 14.8 Å². The number of rotatable bonds is 5. The summed E-state index contributed by atoms with van der Waals surface area (Å²) in [5, 5.41) is 2.75. The van der Waals surface area contributed by atoms with Crippen molar-refractivity contribution in [2.75, 3.05) is 33.5 Å². The van der Waals surface area contributed by atoms with Crippen molar-refractivity contribution in [1.82, 2.24) is 5.32 Å². The third-order valence-electron chi connectivity index (χ3n) is 4.12. The summed E-state index contributed by atoms with van der Waals surface area (Å²) < 4.78 is 49.1. The van der Waals surface area contributed by atoms with Crippen LogP contribution in [0, 0.1) is 0 Å². The van der Waals surface area contributed by atoms with Crippen LogP contribution in [-0.2, 0) is 25.9 Å². The largest absolute Gasteiger partial charge is 0.416 e. The second-order valence-corrected chi connectivity index (χ2v) is 5.52. The highest BCUT2D eigenvalue weighted by atomic mass is 19.4. The van der Waals surface area contributed by atoms with Gasteiger partial charge in [0.25, 0.3) is 0 Å². The Kier molecular flexibility index (Phi) is 5.64. The fourth-order valence-corrected chi connectivity index (χ4v) is 2.80. The Balaban J connectivity index is 2.33. The number of hydrogen-bond acceptors (Lipinski definition) is 3. The summed E-state index contributed by atoms with van der Waals surface area (Å²) >= 11 is 0. The van der Waals surface area contributed by atoms with E-state index in [0.29, 0.717) is 44.8 Å². The Hall–Kier alpha value is -1.60. The normalized spacial score (nSPS) is 17.7. The lowest BCUT2D eigenvalue weighted by atomic mass is 9.73. The third-order valence-corrected chi connectivity index (χ3v) is 4.12. The van der Waals surface area contributed by atoms with Crippen LogP contribution in [0.2, 0.25) is 0 Å². The molecule has 23 heavy (non-hydrogen) atoms. The molecule has 0 spiro atoms. The van der Waals surface area contributed by atoms with E-state index in [0.717, 1.165) is 12.1 Å².